The average Bonchev–Trinajstić information content (AvgIpc) is 3.44. The van der Waals surface area contributed by atoms with Crippen molar-refractivity contribution in [1.82, 2.24) is 9.78 Å². The summed E-state index contributed by atoms with van der Waals surface area (Å²) in [5, 5.41) is 7.42. The monoisotopic (exact) mass is 447 g/mol. The van der Waals surface area contributed by atoms with Gasteiger partial charge >= 0.3 is 5.97 Å². The van der Waals surface area contributed by atoms with Crippen LogP contribution in [0.1, 0.15) is 25.7 Å². The number of carbonyl (C=O) groups is 2. The summed E-state index contributed by atoms with van der Waals surface area (Å²) >= 11 is 1.30. The first-order valence-electron chi connectivity index (χ1n) is 9.85. The van der Waals surface area contributed by atoms with Gasteiger partial charge in [0.2, 0.25) is 0 Å². The number of amides is 1. The lowest BCUT2D eigenvalue weighted by molar-refractivity contribution is 0.0602. The van der Waals surface area contributed by atoms with Crippen molar-refractivity contribution in [3.8, 4) is 16.9 Å². The number of benzene rings is 2. The van der Waals surface area contributed by atoms with Gasteiger partial charge in [0, 0.05) is 11.1 Å². The number of hydrogen-bond donors (Lipinski definition) is 1. The molecule has 7 nitrogen and oxygen atoms in total. The minimum atomic E-state index is -0.498. The van der Waals surface area contributed by atoms with E-state index >= 15 is 0 Å². The lowest BCUT2D eigenvalue weighted by Crippen LogP contribution is -2.15. The second kappa shape index (κ2) is 9.49. The molecule has 0 spiro atoms. The largest absolute Gasteiger partial charge is 0.471 e. The number of ether oxygens (including phenoxy) is 2. The van der Waals surface area contributed by atoms with E-state index in [1.54, 1.807) is 18.3 Å². The van der Waals surface area contributed by atoms with Crippen LogP contribution < -0.4 is 10.1 Å². The van der Waals surface area contributed by atoms with Crippen molar-refractivity contribution in [1.29, 1.82) is 0 Å². The van der Waals surface area contributed by atoms with Crippen molar-refractivity contribution in [3.05, 3.63) is 89.1 Å². The molecule has 1 amide bonds. The third kappa shape index (κ3) is 4.87. The maximum Gasteiger partial charge on any atom is 0.340 e. The molecule has 4 rings (SSSR count). The van der Waals surface area contributed by atoms with Gasteiger partial charge in [0.1, 0.15) is 10.8 Å². The van der Waals surface area contributed by atoms with Crippen molar-refractivity contribution in [2.24, 2.45) is 0 Å². The minimum absolute atomic E-state index is 0.156. The second-order valence-corrected chi connectivity index (χ2v) is 8.21. The number of esters is 1. The molecular formula is C24H21N3O4S. The van der Waals surface area contributed by atoms with Gasteiger partial charge in [0.25, 0.3) is 5.91 Å². The van der Waals surface area contributed by atoms with E-state index < -0.39 is 11.9 Å². The Morgan fingerprint density at radius 1 is 1.03 bits per heavy atom. The van der Waals surface area contributed by atoms with Crippen LogP contribution in [-0.2, 0) is 11.5 Å². The van der Waals surface area contributed by atoms with Crippen LogP contribution >= 0.6 is 11.3 Å². The number of rotatable bonds is 7. The van der Waals surface area contributed by atoms with Crippen LogP contribution in [0.15, 0.2) is 72.9 Å². The SMILES string of the molecule is COC(=O)c1cc(C)sc1NC(=O)c1ccn(COc2ccc(-c3ccccc3)cc2)n1. The van der Waals surface area contributed by atoms with Gasteiger partial charge in [-0.05, 0) is 42.3 Å². The van der Waals surface area contributed by atoms with Crippen molar-refractivity contribution in [2.75, 3.05) is 12.4 Å². The summed E-state index contributed by atoms with van der Waals surface area (Å²) in [6.45, 7) is 2.01. The predicted octanol–water partition coefficient (Wildman–Crippen LogP) is 5.00. The summed E-state index contributed by atoms with van der Waals surface area (Å²) in [6.07, 6.45) is 1.66. The molecule has 162 valence electrons. The number of aromatic nitrogens is 2. The van der Waals surface area contributed by atoms with Crippen LogP contribution in [0.2, 0.25) is 0 Å². The van der Waals surface area contributed by atoms with Crippen LogP contribution in [0.3, 0.4) is 0 Å². The number of nitrogens with zero attached hydrogens (tertiary/aromatic N) is 2. The Labute approximate surface area is 189 Å². The van der Waals surface area contributed by atoms with Crippen molar-refractivity contribution in [2.45, 2.75) is 13.7 Å². The topological polar surface area (TPSA) is 82.5 Å². The lowest BCUT2D eigenvalue weighted by atomic mass is 10.1. The average molecular weight is 448 g/mol. The Kier molecular flexibility index (Phi) is 6.32. The van der Waals surface area contributed by atoms with Crippen LogP contribution in [0.25, 0.3) is 11.1 Å². The molecule has 0 saturated heterocycles. The molecule has 0 fully saturated rings. The quantitative estimate of drug-likeness (QED) is 0.403. The molecular weight excluding hydrogens is 426 g/mol. The highest BCUT2D eigenvalue weighted by atomic mass is 32.1. The van der Waals surface area contributed by atoms with E-state index in [4.69, 9.17) is 9.47 Å². The maximum absolute atomic E-state index is 12.6. The predicted molar refractivity (Wildman–Crippen MR) is 123 cm³/mol. The van der Waals surface area contributed by atoms with E-state index in [0.717, 1.165) is 16.0 Å². The highest BCUT2D eigenvalue weighted by Crippen LogP contribution is 2.28. The number of thiophene rings is 1. The molecule has 0 radical (unpaired) electrons. The van der Waals surface area contributed by atoms with Crippen LogP contribution in [-0.4, -0.2) is 28.8 Å². The van der Waals surface area contributed by atoms with Gasteiger partial charge in [0.15, 0.2) is 12.4 Å². The Balaban J connectivity index is 1.37. The molecule has 0 unspecified atom stereocenters. The fourth-order valence-corrected chi connectivity index (χ4v) is 4.00. The molecule has 8 heteroatoms. The Hall–Kier alpha value is -3.91. The first kappa shape index (κ1) is 21.3. The molecule has 2 aromatic carbocycles. The van der Waals surface area contributed by atoms with Crippen molar-refractivity contribution >= 4 is 28.2 Å². The van der Waals surface area contributed by atoms with Gasteiger partial charge in [0.05, 0.1) is 12.7 Å². The molecule has 4 aromatic rings. The number of hydrogen-bond acceptors (Lipinski definition) is 6. The van der Waals surface area contributed by atoms with Gasteiger partial charge in [-0.3, -0.25) is 4.79 Å². The number of carbonyl (C=O) groups excluding carboxylic acids is 2. The number of aryl methyl sites for hydroxylation is 1. The summed E-state index contributed by atoms with van der Waals surface area (Å²) < 4.78 is 12.1. The van der Waals surface area contributed by atoms with Gasteiger partial charge in [-0.15, -0.1) is 11.3 Å². The van der Waals surface area contributed by atoms with Crippen LogP contribution in [0.5, 0.6) is 5.75 Å². The zero-order chi connectivity index (χ0) is 22.5. The molecule has 0 aliphatic heterocycles. The van der Waals surface area contributed by atoms with Gasteiger partial charge in [-0.25, -0.2) is 9.48 Å². The fraction of sp³-hybridized carbons (Fsp3) is 0.125. The third-order valence-corrected chi connectivity index (χ3v) is 5.65. The minimum Gasteiger partial charge on any atom is -0.471 e. The maximum atomic E-state index is 12.6. The summed E-state index contributed by atoms with van der Waals surface area (Å²) in [5.74, 6) is -0.215. The first-order valence-corrected chi connectivity index (χ1v) is 10.7. The fourth-order valence-electron chi connectivity index (χ4n) is 3.11. The van der Waals surface area contributed by atoms with E-state index in [9.17, 15) is 9.59 Å². The van der Waals surface area contributed by atoms with Gasteiger partial charge < -0.3 is 14.8 Å². The molecule has 0 saturated carbocycles. The smallest absolute Gasteiger partial charge is 0.340 e. The normalized spacial score (nSPS) is 10.6. The van der Waals surface area contributed by atoms with E-state index in [1.807, 2.05) is 49.4 Å². The van der Waals surface area contributed by atoms with Crippen molar-refractivity contribution < 1.29 is 19.1 Å². The van der Waals surface area contributed by atoms with Crippen molar-refractivity contribution in [3.63, 3.8) is 0 Å². The third-order valence-electron chi connectivity index (χ3n) is 4.69. The molecule has 2 aromatic heterocycles. The number of methoxy groups -OCH3 is 1. The number of nitrogens with one attached hydrogen (secondary N) is 1. The first-order chi connectivity index (χ1) is 15.5. The second-order valence-electron chi connectivity index (χ2n) is 6.95. The van der Waals surface area contributed by atoms with Crippen LogP contribution in [0.4, 0.5) is 5.00 Å². The van der Waals surface area contributed by atoms with E-state index in [1.165, 1.54) is 23.1 Å². The molecule has 0 atom stereocenters. The molecule has 0 bridgehead atoms. The summed E-state index contributed by atoms with van der Waals surface area (Å²) in [4.78, 5) is 25.3. The van der Waals surface area contributed by atoms with E-state index in [2.05, 4.69) is 22.5 Å². The Bertz CT molecular complexity index is 1230. The highest BCUT2D eigenvalue weighted by Gasteiger charge is 2.19. The Morgan fingerprint density at radius 2 is 1.75 bits per heavy atom. The van der Waals surface area contributed by atoms with Gasteiger partial charge in [-0.1, -0.05) is 42.5 Å². The molecule has 32 heavy (non-hydrogen) atoms. The zero-order valence-corrected chi connectivity index (χ0v) is 18.4. The standard InChI is InChI=1S/C24H21N3O4S/c1-16-14-20(24(29)30-2)23(32-16)25-22(28)21-12-13-27(26-21)15-31-19-10-8-18(9-11-19)17-6-4-3-5-7-17/h3-14H,15H2,1-2H3,(H,25,28). The molecule has 2 heterocycles. The Morgan fingerprint density at radius 3 is 2.47 bits per heavy atom. The molecule has 0 aliphatic rings. The lowest BCUT2D eigenvalue weighted by Gasteiger charge is -2.08. The van der Waals surface area contributed by atoms with E-state index in [0.29, 0.717) is 16.3 Å². The van der Waals surface area contributed by atoms with Crippen LogP contribution in [0, 0.1) is 6.92 Å². The van der Waals surface area contributed by atoms with E-state index in [-0.39, 0.29) is 12.4 Å². The highest BCUT2D eigenvalue weighted by molar-refractivity contribution is 7.16. The summed E-state index contributed by atoms with van der Waals surface area (Å²) in [6, 6.07) is 21.1. The zero-order valence-electron chi connectivity index (χ0n) is 17.6. The summed E-state index contributed by atoms with van der Waals surface area (Å²) in [5.41, 5.74) is 2.78. The number of anilines is 1. The van der Waals surface area contributed by atoms with Gasteiger partial charge in [-0.2, -0.15) is 5.10 Å². The molecule has 0 aliphatic carbocycles. The summed E-state index contributed by atoms with van der Waals surface area (Å²) in [7, 11) is 1.30. The molecule has 1 N–H and O–H groups in total.